The lowest BCUT2D eigenvalue weighted by molar-refractivity contribution is 0.305. The van der Waals surface area contributed by atoms with Crippen molar-refractivity contribution in [3.8, 4) is 5.75 Å². The number of ether oxygens (including phenoxy) is 1. The van der Waals surface area contributed by atoms with Gasteiger partial charge >= 0.3 is 0 Å². The fourth-order valence-electron chi connectivity index (χ4n) is 1.96. The van der Waals surface area contributed by atoms with Gasteiger partial charge in [-0.05, 0) is 30.2 Å². The molecule has 20 heavy (non-hydrogen) atoms. The first-order valence-corrected chi connectivity index (χ1v) is 7.03. The van der Waals surface area contributed by atoms with Crippen LogP contribution in [-0.4, -0.2) is 16.3 Å². The third kappa shape index (κ3) is 4.70. The molecular formula is C16H23N3O. The minimum atomic E-state index is 0.552. The standard InChI is InChI=1S/C16H23N3O/c1-13(2)8-17-9-14-5-4-6-16(7-14)20-12-15-10-18-19(3)11-15/h4-7,10-11,13,17H,8-9,12H2,1-3H3. The van der Waals surface area contributed by atoms with Crippen LogP contribution < -0.4 is 10.1 Å². The average Bonchev–Trinajstić information content (AvgIpc) is 2.82. The zero-order chi connectivity index (χ0) is 14.4. The zero-order valence-corrected chi connectivity index (χ0v) is 12.5. The van der Waals surface area contributed by atoms with Crippen LogP contribution in [0.5, 0.6) is 5.75 Å². The Morgan fingerprint density at radius 3 is 2.85 bits per heavy atom. The second-order valence-electron chi connectivity index (χ2n) is 5.48. The van der Waals surface area contributed by atoms with E-state index in [1.165, 1.54) is 5.56 Å². The number of nitrogens with zero attached hydrogens (tertiary/aromatic N) is 2. The summed E-state index contributed by atoms with van der Waals surface area (Å²) in [6.07, 6.45) is 3.79. The normalized spacial score (nSPS) is 11.0. The van der Waals surface area contributed by atoms with Crippen LogP contribution in [0, 0.1) is 5.92 Å². The van der Waals surface area contributed by atoms with Crippen LogP contribution in [0.15, 0.2) is 36.7 Å². The number of aryl methyl sites for hydroxylation is 1. The molecule has 1 aromatic heterocycles. The van der Waals surface area contributed by atoms with Gasteiger partial charge in [-0.1, -0.05) is 26.0 Å². The van der Waals surface area contributed by atoms with E-state index in [1.54, 1.807) is 4.68 Å². The molecule has 0 saturated carbocycles. The first-order valence-electron chi connectivity index (χ1n) is 7.03. The van der Waals surface area contributed by atoms with Crippen LogP contribution in [0.25, 0.3) is 0 Å². The second-order valence-corrected chi connectivity index (χ2v) is 5.48. The van der Waals surface area contributed by atoms with Crippen molar-refractivity contribution in [1.82, 2.24) is 15.1 Å². The van der Waals surface area contributed by atoms with E-state index in [2.05, 4.69) is 36.4 Å². The molecular weight excluding hydrogens is 250 g/mol. The maximum Gasteiger partial charge on any atom is 0.120 e. The highest BCUT2D eigenvalue weighted by Gasteiger charge is 2.00. The summed E-state index contributed by atoms with van der Waals surface area (Å²) in [5, 5.41) is 7.57. The van der Waals surface area contributed by atoms with E-state index in [4.69, 9.17) is 4.74 Å². The van der Waals surface area contributed by atoms with E-state index in [-0.39, 0.29) is 0 Å². The van der Waals surface area contributed by atoms with Crippen LogP contribution in [0.4, 0.5) is 0 Å². The maximum atomic E-state index is 5.79. The molecule has 1 N–H and O–H groups in total. The maximum absolute atomic E-state index is 5.79. The molecule has 0 unspecified atom stereocenters. The second kappa shape index (κ2) is 7.10. The van der Waals surface area contributed by atoms with Gasteiger partial charge in [-0.15, -0.1) is 0 Å². The van der Waals surface area contributed by atoms with Gasteiger partial charge in [0.1, 0.15) is 12.4 Å². The molecule has 2 rings (SSSR count). The van der Waals surface area contributed by atoms with Gasteiger partial charge in [0, 0.05) is 25.4 Å². The molecule has 0 aliphatic carbocycles. The summed E-state index contributed by atoms with van der Waals surface area (Å²) in [5.41, 5.74) is 2.32. The van der Waals surface area contributed by atoms with Gasteiger partial charge in [0.05, 0.1) is 6.20 Å². The molecule has 1 aromatic carbocycles. The number of rotatable bonds is 7. The summed E-state index contributed by atoms with van der Waals surface area (Å²) in [6, 6.07) is 8.22. The summed E-state index contributed by atoms with van der Waals surface area (Å²) in [7, 11) is 1.91. The molecule has 0 aliphatic rings. The molecule has 0 spiro atoms. The van der Waals surface area contributed by atoms with Crippen molar-refractivity contribution in [2.45, 2.75) is 27.0 Å². The van der Waals surface area contributed by atoms with Gasteiger partial charge in [0.15, 0.2) is 0 Å². The molecule has 4 heteroatoms. The first-order chi connectivity index (χ1) is 9.63. The van der Waals surface area contributed by atoms with Gasteiger partial charge in [0.25, 0.3) is 0 Å². The fourth-order valence-corrected chi connectivity index (χ4v) is 1.96. The van der Waals surface area contributed by atoms with Crippen LogP contribution in [0.1, 0.15) is 25.0 Å². The summed E-state index contributed by atoms with van der Waals surface area (Å²) >= 11 is 0. The topological polar surface area (TPSA) is 39.1 Å². The van der Waals surface area contributed by atoms with Gasteiger partial charge in [0.2, 0.25) is 0 Å². The van der Waals surface area contributed by atoms with Gasteiger partial charge in [-0.2, -0.15) is 5.10 Å². The van der Waals surface area contributed by atoms with Crippen molar-refractivity contribution in [2.24, 2.45) is 13.0 Å². The number of hydrogen-bond donors (Lipinski definition) is 1. The van der Waals surface area contributed by atoms with Crippen LogP contribution in [-0.2, 0) is 20.2 Å². The Kier molecular flexibility index (Phi) is 5.18. The van der Waals surface area contributed by atoms with Crippen molar-refractivity contribution in [1.29, 1.82) is 0 Å². The lowest BCUT2D eigenvalue weighted by atomic mass is 10.2. The Morgan fingerprint density at radius 1 is 1.30 bits per heavy atom. The van der Waals surface area contributed by atoms with Gasteiger partial charge < -0.3 is 10.1 Å². The van der Waals surface area contributed by atoms with Crippen molar-refractivity contribution in [2.75, 3.05) is 6.54 Å². The van der Waals surface area contributed by atoms with E-state index in [1.807, 2.05) is 31.6 Å². The summed E-state index contributed by atoms with van der Waals surface area (Å²) in [5.74, 6) is 1.57. The molecule has 4 nitrogen and oxygen atoms in total. The van der Waals surface area contributed by atoms with E-state index >= 15 is 0 Å². The third-order valence-corrected chi connectivity index (χ3v) is 2.94. The van der Waals surface area contributed by atoms with Crippen molar-refractivity contribution < 1.29 is 4.74 Å². The molecule has 108 valence electrons. The Bertz CT molecular complexity index is 534. The Hall–Kier alpha value is -1.81. The molecule has 0 saturated heterocycles. The third-order valence-electron chi connectivity index (χ3n) is 2.94. The zero-order valence-electron chi connectivity index (χ0n) is 12.5. The molecule has 0 amide bonds. The van der Waals surface area contributed by atoms with E-state index in [9.17, 15) is 0 Å². The average molecular weight is 273 g/mol. The van der Waals surface area contributed by atoms with Gasteiger partial charge in [-0.25, -0.2) is 0 Å². The quantitative estimate of drug-likeness (QED) is 0.843. The highest BCUT2D eigenvalue weighted by molar-refractivity contribution is 5.28. The van der Waals surface area contributed by atoms with Crippen LogP contribution in [0.2, 0.25) is 0 Å². The Labute approximate surface area is 120 Å². The molecule has 0 bridgehead atoms. The van der Waals surface area contributed by atoms with Crippen LogP contribution >= 0.6 is 0 Å². The van der Waals surface area contributed by atoms with Crippen molar-refractivity contribution >= 4 is 0 Å². The fraction of sp³-hybridized carbons (Fsp3) is 0.438. The summed E-state index contributed by atoms with van der Waals surface area (Å²) in [6.45, 7) is 6.88. The Balaban J connectivity index is 1.85. The molecule has 2 aromatic rings. The summed E-state index contributed by atoms with van der Waals surface area (Å²) < 4.78 is 7.58. The highest BCUT2D eigenvalue weighted by atomic mass is 16.5. The molecule has 0 aliphatic heterocycles. The van der Waals surface area contributed by atoms with Gasteiger partial charge in [-0.3, -0.25) is 4.68 Å². The lowest BCUT2D eigenvalue weighted by Gasteiger charge is -2.09. The summed E-state index contributed by atoms with van der Waals surface area (Å²) in [4.78, 5) is 0. The molecule has 1 heterocycles. The highest BCUT2D eigenvalue weighted by Crippen LogP contribution is 2.15. The largest absolute Gasteiger partial charge is 0.489 e. The predicted octanol–water partition coefficient (Wildman–Crippen LogP) is 2.74. The minimum absolute atomic E-state index is 0.552. The van der Waals surface area contributed by atoms with E-state index < -0.39 is 0 Å². The Morgan fingerprint density at radius 2 is 2.15 bits per heavy atom. The first kappa shape index (κ1) is 14.6. The van der Waals surface area contributed by atoms with E-state index in [0.29, 0.717) is 12.5 Å². The minimum Gasteiger partial charge on any atom is -0.489 e. The van der Waals surface area contributed by atoms with E-state index in [0.717, 1.165) is 24.4 Å². The monoisotopic (exact) mass is 273 g/mol. The van der Waals surface area contributed by atoms with Crippen molar-refractivity contribution in [3.05, 3.63) is 47.8 Å². The number of hydrogen-bond acceptors (Lipinski definition) is 3. The number of aromatic nitrogens is 2. The number of benzene rings is 1. The molecule has 0 radical (unpaired) electrons. The molecule has 0 fully saturated rings. The van der Waals surface area contributed by atoms with Crippen LogP contribution in [0.3, 0.4) is 0 Å². The SMILES string of the molecule is CC(C)CNCc1cccc(OCc2cnn(C)c2)c1. The molecule has 0 atom stereocenters. The lowest BCUT2D eigenvalue weighted by Crippen LogP contribution is -2.18. The smallest absolute Gasteiger partial charge is 0.120 e. The number of nitrogens with one attached hydrogen (secondary N) is 1. The predicted molar refractivity (Wildman–Crippen MR) is 80.5 cm³/mol. The van der Waals surface area contributed by atoms with Crippen molar-refractivity contribution in [3.63, 3.8) is 0 Å².